The molecule has 0 unspecified atom stereocenters. The zero-order valence-electron chi connectivity index (χ0n) is 8.89. The monoisotopic (exact) mass is 227 g/mol. The maximum absolute atomic E-state index is 5.06. The van der Waals surface area contributed by atoms with Crippen molar-refractivity contribution >= 4 is 17.4 Å². The van der Waals surface area contributed by atoms with Crippen LogP contribution in [0.4, 0.5) is 0 Å². The highest BCUT2D eigenvalue weighted by Gasteiger charge is 2.21. The summed E-state index contributed by atoms with van der Waals surface area (Å²) in [6.45, 7) is 2.19. The number of rotatable bonds is 3. The Kier molecular flexibility index (Phi) is 3.67. The first kappa shape index (κ1) is 10.8. The van der Waals surface area contributed by atoms with E-state index >= 15 is 0 Å². The lowest BCUT2D eigenvalue weighted by Crippen LogP contribution is -2.46. The molecule has 0 amide bonds. The molecule has 0 aliphatic carbocycles. The number of hydroxylamine groups is 2. The number of aliphatic imine (C=N–C) groups is 2. The van der Waals surface area contributed by atoms with E-state index in [9.17, 15) is 0 Å². The van der Waals surface area contributed by atoms with Gasteiger partial charge in [0.1, 0.15) is 7.11 Å². The first-order valence-corrected chi connectivity index (χ1v) is 4.88. The highest BCUT2D eigenvalue weighted by atomic mass is 16.7. The van der Waals surface area contributed by atoms with Gasteiger partial charge in [-0.05, 0) is 0 Å². The number of nitrogens with zero attached hydrogens (tertiary/aromatic N) is 3. The van der Waals surface area contributed by atoms with Gasteiger partial charge in [-0.3, -0.25) is 19.7 Å². The lowest BCUT2D eigenvalue weighted by atomic mass is 10.3. The van der Waals surface area contributed by atoms with Gasteiger partial charge in [0.15, 0.2) is 17.4 Å². The smallest absolute Gasteiger partial charge is 0.190 e. The minimum Gasteiger partial charge on any atom is -0.398 e. The molecule has 0 aromatic rings. The molecule has 0 fully saturated rings. The minimum atomic E-state index is 0.432. The number of hydrogen-bond donors (Lipinski definition) is 2. The molecular formula is C8H13N5O3. The summed E-state index contributed by atoms with van der Waals surface area (Å²) in [6, 6.07) is 0. The van der Waals surface area contributed by atoms with Crippen LogP contribution in [0.25, 0.3) is 0 Å². The van der Waals surface area contributed by atoms with Crippen LogP contribution in [-0.4, -0.2) is 50.8 Å². The number of amidine groups is 2. The third-order valence-electron chi connectivity index (χ3n) is 1.90. The molecule has 16 heavy (non-hydrogen) atoms. The Morgan fingerprint density at radius 3 is 2.12 bits per heavy atom. The van der Waals surface area contributed by atoms with Gasteiger partial charge in [0.2, 0.25) is 0 Å². The van der Waals surface area contributed by atoms with E-state index in [1.54, 1.807) is 0 Å². The van der Waals surface area contributed by atoms with Crippen LogP contribution in [0.5, 0.6) is 0 Å². The average molecular weight is 227 g/mol. The van der Waals surface area contributed by atoms with Crippen molar-refractivity contribution in [2.24, 2.45) is 15.1 Å². The van der Waals surface area contributed by atoms with Gasteiger partial charge in [0.25, 0.3) is 0 Å². The van der Waals surface area contributed by atoms with Crippen LogP contribution in [0.2, 0.25) is 0 Å². The Balaban J connectivity index is 2.19. The molecular weight excluding hydrogens is 214 g/mol. The molecule has 2 aliphatic rings. The molecule has 2 aliphatic heterocycles. The quantitative estimate of drug-likeness (QED) is 0.469. The molecule has 0 saturated heterocycles. The SMILES string of the molecule is CON=C(C1=NCCON1)C1=NCCON1. The molecule has 0 saturated carbocycles. The van der Waals surface area contributed by atoms with Crippen molar-refractivity contribution < 1.29 is 14.5 Å². The van der Waals surface area contributed by atoms with Crippen LogP contribution in [0, 0.1) is 0 Å². The van der Waals surface area contributed by atoms with E-state index in [-0.39, 0.29) is 0 Å². The molecule has 0 aromatic heterocycles. The minimum absolute atomic E-state index is 0.432. The fraction of sp³-hybridized carbons (Fsp3) is 0.625. The van der Waals surface area contributed by atoms with E-state index in [4.69, 9.17) is 14.5 Å². The average Bonchev–Trinajstić information content (AvgIpc) is 2.38. The molecule has 8 heteroatoms. The van der Waals surface area contributed by atoms with Gasteiger partial charge < -0.3 is 4.84 Å². The first-order chi connectivity index (χ1) is 7.92. The highest BCUT2D eigenvalue weighted by molar-refractivity contribution is 6.67. The van der Waals surface area contributed by atoms with Crippen molar-refractivity contribution in [2.45, 2.75) is 0 Å². The van der Waals surface area contributed by atoms with E-state index < -0.39 is 0 Å². The largest absolute Gasteiger partial charge is 0.398 e. The van der Waals surface area contributed by atoms with E-state index in [1.165, 1.54) is 7.11 Å². The van der Waals surface area contributed by atoms with Crippen molar-refractivity contribution in [2.75, 3.05) is 33.4 Å². The van der Waals surface area contributed by atoms with Crippen LogP contribution in [0.15, 0.2) is 15.1 Å². The van der Waals surface area contributed by atoms with Crippen LogP contribution in [-0.2, 0) is 14.5 Å². The number of hydrogen-bond acceptors (Lipinski definition) is 8. The zero-order valence-corrected chi connectivity index (χ0v) is 8.89. The summed E-state index contributed by atoms with van der Waals surface area (Å²) in [4.78, 5) is 23.3. The maximum Gasteiger partial charge on any atom is 0.190 e. The van der Waals surface area contributed by atoms with Gasteiger partial charge in [-0.2, -0.15) is 0 Å². The van der Waals surface area contributed by atoms with E-state index in [2.05, 4.69) is 26.1 Å². The van der Waals surface area contributed by atoms with Crippen LogP contribution >= 0.6 is 0 Å². The van der Waals surface area contributed by atoms with Gasteiger partial charge in [-0.1, -0.05) is 5.16 Å². The van der Waals surface area contributed by atoms with Gasteiger partial charge in [0.05, 0.1) is 26.3 Å². The maximum atomic E-state index is 5.06. The van der Waals surface area contributed by atoms with Crippen molar-refractivity contribution in [3.05, 3.63) is 0 Å². The van der Waals surface area contributed by atoms with E-state index in [0.29, 0.717) is 43.7 Å². The Labute approximate surface area is 92.3 Å². The second-order valence-corrected chi connectivity index (χ2v) is 2.98. The Hall–Kier alpha value is -1.67. The van der Waals surface area contributed by atoms with E-state index in [1.807, 2.05) is 0 Å². The zero-order chi connectivity index (χ0) is 11.2. The standard InChI is InChI=1S/C8H13N5O3/c1-14-11-6(7-9-2-4-15-12-7)8-10-3-5-16-13-8/h2-5H2,1H3,(H,9,12)(H,10,13). The molecule has 0 radical (unpaired) electrons. The molecule has 2 rings (SSSR count). The van der Waals surface area contributed by atoms with Gasteiger partial charge in [-0.25, -0.2) is 11.0 Å². The van der Waals surface area contributed by atoms with Gasteiger partial charge in [-0.15, -0.1) is 0 Å². The lowest BCUT2D eigenvalue weighted by Gasteiger charge is -2.19. The first-order valence-electron chi connectivity index (χ1n) is 4.88. The predicted octanol–water partition coefficient (Wildman–Crippen LogP) is -1.14. The van der Waals surface area contributed by atoms with Crippen molar-refractivity contribution in [1.29, 1.82) is 0 Å². The summed E-state index contributed by atoms with van der Waals surface area (Å²) >= 11 is 0. The fourth-order valence-corrected chi connectivity index (χ4v) is 1.25. The van der Waals surface area contributed by atoms with E-state index in [0.717, 1.165) is 0 Å². The Morgan fingerprint density at radius 1 is 1.19 bits per heavy atom. The molecule has 0 bridgehead atoms. The van der Waals surface area contributed by atoms with Crippen LogP contribution in [0.3, 0.4) is 0 Å². The van der Waals surface area contributed by atoms with Crippen molar-refractivity contribution in [3.63, 3.8) is 0 Å². The molecule has 0 spiro atoms. The third-order valence-corrected chi connectivity index (χ3v) is 1.90. The van der Waals surface area contributed by atoms with Crippen LogP contribution < -0.4 is 11.0 Å². The second kappa shape index (κ2) is 5.42. The normalized spacial score (nSPS) is 19.8. The summed E-state index contributed by atoms with van der Waals surface area (Å²) in [5.74, 6) is 0.953. The number of nitrogens with one attached hydrogen (secondary N) is 2. The Morgan fingerprint density at radius 2 is 1.75 bits per heavy atom. The van der Waals surface area contributed by atoms with Gasteiger partial charge >= 0.3 is 0 Å². The molecule has 2 N–H and O–H groups in total. The van der Waals surface area contributed by atoms with Crippen molar-refractivity contribution in [3.8, 4) is 0 Å². The van der Waals surface area contributed by atoms with Crippen LogP contribution in [0.1, 0.15) is 0 Å². The van der Waals surface area contributed by atoms with Gasteiger partial charge in [0, 0.05) is 0 Å². The third kappa shape index (κ3) is 2.47. The fourth-order valence-electron chi connectivity index (χ4n) is 1.25. The summed E-state index contributed by atoms with van der Waals surface area (Å²) in [5, 5.41) is 3.84. The Bertz CT molecular complexity index is 311. The summed E-state index contributed by atoms with van der Waals surface area (Å²) in [7, 11) is 1.45. The lowest BCUT2D eigenvalue weighted by molar-refractivity contribution is 0.0810. The topological polar surface area (TPSA) is 88.8 Å². The highest BCUT2D eigenvalue weighted by Crippen LogP contribution is 1.96. The predicted molar refractivity (Wildman–Crippen MR) is 57.2 cm³/mol. The molecule has 0 aromatic carbocycles. The van der Waals surface area contributed by atoms with Crippen molar-refractivity contribution in [1.82, 2.24) is 11.0 Å². The molecule has 0 atom stereocenters. The molecule has 88 valence electrons. The summed E-state index contributed by atoms with van der Waals surface area (Å²) in [6.07, 6.45) is 0. The summed E-state index contributed by atoms with van der Waals surface area (Å²) in [5.41, 5.74) is 5.76. The second-order valence-electron chi connectivity index (χ2n) is 2.98. The summed E-state index contributed by atoms with van der Waals surface area (Å²) < 4.78 is 0. The molecule has 2 heterocycles. The number of oxime groups is 1. The molecule has 8 nitrogen and oxygen atoms in total.